The summed E-state index contributed by atoms with van der Waals surface area (Å²) in [5, 5.41) is 5.28. The fourth-order valence-electron chi connectivity index (χ4n) is 4.40. The summed E-state index contributed by atoms with van der Waals surface area (Å²) in [6, 6.07) is 6.64. The van der Waals surface area contributed by atoms with E-state index in [-0.39, 0.29) is 44.0 Å². The second-order valence-electron chi connectivity index (χ2n) is 10.6. The Morgan fingerprint density at radius 3 is 2.13 bits per heavy atom. The van der Waals surface area contributed by atoms with Crippen LogP contribution in [0.1, 0.15) is 53.0 Å². The lowest BCUT2D eigenvalue weighted by Crippen LogP contribution is -2.61. The van der Waals surface area contributed by atoms with E-state index in [0.29, 0.717) is 12.8 Å². The molecule has 1 fully saturated rings. The van der Waals surface area contributed by atoms with Gasteiger partial charge in [0.2, 0.25) is 17.7 Å². The predicted molar refractivity (Wildman–Crippen MR) is 144 cm³/mol. The quantitative estimate of drug-likeness (QED) is 0.384. The van der Waals surface area contributed by atoms with Crippen molar-refractivity contribution in [3.63, 3.8) is 0 Å². The number of carbonyl (C=O) groups excluding carboxylic acids is 5. The first kappa shape index (κ1) is 31.6. The van der Waals surface area contributed by atoms with Crippen LogP contribution < -0.4 is 10.6 Å². The Labute approximate surface area is 230 Å². The molecule has 2 N–H and O–H groups in total. The summed E-state index contributed by atoms with van der Waals surface area (Å²) in [5.74, 6) is -1.53. The molecule has 0 aliphatic carbocycles. The van der Waals surface area contributed by atoms with Gasteiger partial charge in [-0.25, -0.2) is 9.59 Å². The first-order valence-corrected chi connectivity index (χ1v) is 13.4. The summed E-state index contributed by atoms with van der Waals surface area (Å²) in [7, 11) is 1.27. The number of alkyl carbamates (subject to hydrolysis) is 1. The molecule has 11 heteroatoms. The van der Waals surface area contributed by atoms with Crippen LogP contribution in [0.2, 0.25) is 0 Å². The van der Waals surface area contributed by atoms with Gasteiger partial charge in [-0.1, -0.05) is 58.0 Å². The van der Waals surface area contributed by atoms with Crippen molar-refractivity contribution in [3.05, 3.63) is 35.9 Å². The topological polar surface area (TPSA) is 134 Å². The Morgan fingerprint density at radius 1 is 0.923 bits per heavy atom. The molecule has 0 bridgehead atoms. The number of amides is 4. The Morgan fingerprint density at radius 2 is 1.56 bits per heavy atom. The van der Waals surface area contributed by atoms with E-state index < -0.39 is 42.0 Å². The lowest BCUT2D eigenvalue weighted by atomic mass is 9.98. The molecular formula is C28H42N4O7. The first-order valence-electron chi connectivity index (χ1n) is 13.4. The van der Waals surface area contributed by atoms with Crippen LogP contribution in [0.25, 0.3) is 0 Å². The average Bonchev–Trinajstić information content (AvgIpc) is 2.89. The maximum Gasteiger partial charge on any atom is 0.408 e. The number of nitrogens with zero attached hydrogens (tertiary/aromatic N) is 2. The fraction of sp³-hybridized carbons (Fsp3) is 0.607. The molecule has 4 amide bonds. The molecule has 1 heterocycles. The van der Waals surface area contributed by atoms with Gasteiger partial charge in [-0.3, -0.25) is 14.4 Å². The highest BCUT2D eigenvalue weighted by molar-refractivity contribution is 5.94. The third kappa shape index (κ3) is 9.88. The zero-order chi connectivity index (χ0) is 29.1. The summed E-state index contributed by atoms with van der Waals surface area (Å²) in [6.45, 7) is 9.48. The van der Waals surface area contributed by atoms with Crippen molar-refractivity contribution in [1.29, 1.82) is 0 Å². The minimum Gasteiger partial charge on any atom is -0.467 e. The number of nitrogens with one attached hydrogen (secondary N) is 2. The summed E-state index contributed by atoms with van der Waals surface area (Å²) < 4.78 is 10.0. The summed E-state index contributed by atoms with van der Waals surface area (Å²) in [4.78, 5) is 66.6. The molecular weight excluding hydrogens is 504 g/mol. The molecule has 1 aliphatic heterocycles. The Bertz CT molecular complexity index is 999. The van der Waals surface area contributed by atoms with Crippen molar-refractivity contribution in [1.82, 2.24) is 20.4 Å². The minimum atomic E-state index is -0.903. The second kappa shape index (κ2) is 15.1. The maximum absolute atomic E-state index is 13.3. The van der Waals surface area contributed by atoms with Crippen LogP contribution in [-0.4, -0.2) is 84.5 Å². The van der Waals surface area contributed by atoms with Gasteiger partial charge in [-0.2, -0.15) is 0 Å². The molecule has 11 nitrogen and oxygen atoms in total. The molecule has 0 unspecified atom stereocenters. The smallest absolute Gasteiger partial charge is 0.408 e. The number of ether oxygens (including phenoxy) is 2. The number of benzene rings is 1. The number of piperazine rings is 1. The van der Waals surface area contributed by atoms with Crippen LogP contribution in [0.15, 0.2) is 30.3 Å². The highest BCUT2D eigenvalue weighted by Crippen LogP contribution is 2.18. The number of carbonyl (C=O) groups is 5. The normalized spacial score (nSPS) is 15.9. The third-order valence-electron chi connectivity index (χ3n) is 6.37. The van der Waals surface area contributed by atoms with Crippen LogP contribution in [0.5, 0.6) is 0 Å². The van der Waals surface area contributed by atoms with Crippen LogP contribution in [0.4, 0.5) is 4.79 Å². The van der Waals surface area contributed by atoms with Crippen molar-refractivity contribution in [2.24, 2.45) is 11.8 Å². The number of methoxy groups -OCH3 is 1. The van der Waals surface area contributed by atoms with Crippen LogP contribution in [-0.2, 0) is 35.3 Å². The first-order chi connectivity index (χ1) is 18.4. The molecule has 1 saturated heterocycles. The van der Waals surface area contributed by atoms with Gasteiger partial charge in [-0.15, -0.1) is 0 Å². The van der Waals surface area contributed by atoms with Crippen molar-refractivity contribution in [3.8, 4) is 0 Å². The van der Waals surface area contributed by atoms with E-state index in [1.54, 1.807) is 0 Å². The van der Waals surface area contributed by atoms with Crippen molar-refractivity contribution >= 4 is 29.8 Å². The van der Waals surface area contributed by atoms with Gasteiger partial charge >= 0.3 is 12.1 Å². The Kier molecular flexibility index (Phi) is 12.2. The summed E-state index contributed by atoms with van der Waals surface area (Å²) in [5.41, 5.74) is 0.815. The van der Waals surface area contributed by atoms with Gasteiger partial charge in [0.15, 0.2) is 0 Å². The van der Waals surface area contributed by atoms with Gasteiger partial charge in [0.05, 0.1) is 13.7 Å². The van der Waals surface area contributed by atoms with E-state index in [1.165, 1.54) is 23.8 Å². The van der Waals surface area contributed by atoms with E-state index in [9.17, 15) is 24.0 Å². The molecule has 0 aromatic heterocycles. The molecule has 1 aromatic carbocycles. The maximum atomic E-state index is 13.3. The molecule has 39 heavy (non-hydrogen) atoms. The standard InChI is InChI=1S/C28H42N4O7/c1-18(2)14-22(27(36)38-6)30-25(34)23(15-19(3)4)32-13-12-31(16-24(32)33)26(35)20(5)29-28(37)39-17-21-10-8-7-9-11-21/h7-11,18-20,22-23H,12-17H2,1-6H3,(H,29,37)(H,30,34)/t20-,22-,23-/m0/s1. The highest BCUT2D eigenvalue weighted by atomic mass is 16.5. The van der Waals surface area contributed by atoms with Crippen molar-refractivity contribution < 1.29 is 33.4 Å². The number of esters is 1. The number of hydrogen-bond acceptors (Lipinski definition) is 7. The highest BCUT2D eigenvalue weighted by Gasteiger charge is 2.38. The molecule has 1 aromatic rings. The zero-order valence-corrected chi connectivity index (χ0v) is 23.8. The van der Waals surface area contributed by atoms with Crippen LogP contribution in [0, 0.1) is 11.8 Å². The molecule has 2 rings (SSSR count). The van der Waals surface area contributed by atoms with E-state index >= 15 is 0 Å². The zero-order valence-electron chi connectivity index (χ0n) is 23.8. The van der Waals surface area contributed by atoms with Gasteiger partial charge < -0.3 is 29.9 Å². The van der Waals surface area contributed by atoms with Crippen molar-refractivity contribution in [2.75, 3.05) is 26.7 Å². The minimum absolute atomic E-state index is 0.0675. The van der Waals surface area contributed by atoms with Crippen LogP contribution in [0.3, 0.4) is 0 Å². The van der Waals surface area contributed by atoms with Gasteiger partial charge in [0.1, 0.15) is 24.7 Å². The summed E-state index contributed by atoms with van der Waals surface area (Å²) in [6.07, 6.45) is 0.0634. The third-order valence-corrected chi connectivity index (χ3v) is 6.37. The SMILES string of the molecule is COC(=O)[C@H](CC(C)C)NC(=O)[C@H](CC(C)C)N1CCN(C(=O)[C@H](C)NC(=O)OCc2ccccc2)CC1=O. The summed E-state index contributed by atoms with van der Waals surface area (Å²) >= 11 is 0. The Hall–Kier alpha value is -3.63. The van der Waals surface area contributed by atoms with Gasteiger partial charge in [0.25, 0.3) is 0 Å². The molecule has 0 spiro atoms. The van der Waals surface area contributed by atoms with E-state index in [1.807, 2.05) is 58.0 Å². The molecule has 0 saturated carbocycles. The molecule has 0 radical (unpaired) electrons. The predicted octanol–water partition coefficient (Wildman–Crippen LogP) is 2.09. The largest absolute Gasteiger partial charge is 0.467 e. The fourth-order valence-corrected chi connectivity index (χ4v) is 4.40. The van der Waals surface area contributed by atoms with Gasteiger partial charge in [-0.05, 0) is 37.2 Å². The van der Waals surface area contributed by atoms with Crippen molar-refractivity contribution in [2.45, 2.75) is 72.2 Å². The molecule has 1 aliphatic rings. The second-order valence-corrected chi connectivity index (χ2v) is 10.6. The molecule has 3 atom stereocenters. The van der Waals surface area contributed by atoms with Crippen LogP contribution >= 0.6 is 0 Å². The van der Waals surface area contributed by atoms with E-state index in [0.717, 1.165) is 5.56 Å². The lowest BCUT2D eigenvalue weighted by Gasteiger charge is -2.40. The Balaban J connectivity index is 1.99. The monoisotopic (exact) mass is 546 g/mol. The van der Waals surface area contributed by atoms with Gasteiger partial charge in [0, 0.05) is 13.1 Å². The lowest BCUT2D eigenvalue weighted by molar-refractivity contribution is -0.152. The molecule has 216 valence electrons. The average molecular weight is 547 g/mol. The van der Waals surface area contributed by atoms with E-state index in [2.05, 4.69) is 10.6 Å². The van der Waals surface area contributed by atoms with E-state index in [4.69, 9.17) is 9.47 Å². The number of hydrogen-bond donors (Lipinski definition) is 2. The number of rotatable bonds is 12.